The molecular formula is C16H24ClN3O3S. The molecule has 1 atom stereocenters. The number of amides is 1. The second-order valence-corrected chi connectivity index (χ2v) is 8.79. The topological polar surface area (TPSA) is 72.3 Å². The van der Waals surface area contributed by atoms with Crippen LogP contribution in [0.5, 0.6) is 0 Å². The van der Waals surface area contributed by atoms with Crippen molar-refractivity contribution in [2.24, 2.45) is 0 Å². The summed E-state index contributed by atoms with van der Waals surface area (Å²) in [4.78, 5) is 13.8. The number of nitrogens with zero attached hydrogens (tertiary/aromatic N) is 3. The lowest BCUT2D eigenvalue weighted by molar-refractivity contribution is -0.126. The third kappa shape index (κ3) is 4.39. The maximum Gasteiger partial charge on any atom is 0.246 e. The summed E-state index contributed by atoms with van der Waals surface area (Å²) in [6, 6.07) is -0.254. The number of carbonyl (C=O) groups excluding carboxylic acids is 1. The van der Waals surface area contributed by atoms with Gasteiger partial charge in [-0.2, -0.15) is 5.10 Å². The Morgan fingerprint density at radius 3 is 2.79 bits per heavy atom. The molecule has 1 amide bonds. The van der Waals surface area contributed by atoms with Gasteiger partial charge in [0, 0.05) is 31.3 Å². The van der Waals surface area contributed by atoms with E-state index in [1.54, 1.807) is 17.8 Å². The number of likely N-dealkylation sites (N-methyl/N-ethyl adjacent to an activating group) is 1. The summed E-state index contributed by atoms with van der Waals surface area (Å²) in [5, 5.41) is 4.92. The number of sulfone groups is 1. The molecule has 0 aromatic carbocycles. The number of aryl methyl sites for hydroxylation is 2. The summed E-state index contributed by atoms with van der Waals surface area (Å²) in [7, 11) is -1.38. The van der Waals surface area contributed by atoms with Crippen LogP contribution >= 0.6 is 11.6 Å². The maximum atomic E-state index is 12.3. The molecular weight excluding hydrogens is 350 g/mol. The lowest BCUT2D eigenvalue weighted by Gasteiger charge is -2.21. The van der Waals surface area contributed by atoms with Crippen LogP contribution in [0, 0.1) is 6.92 Å². The summed E-state index contributed by atoms with van der Waals surface area (Å²) in [6.45, 7) is 4.70. The van der Waals surface area contributed by atoms with Crippen LogP contribution in [0.25, 0.3) is 6.08 Å². The molecule has 0 saturated carbocycles. The fourth-order valence-corrected chi connectivity index (χ4v) is 4.84. The van der Waals surface area contributed by atoms with Crippen molar-refractivity contribution >= 4 is 33.4 Å². The monoisotopic (exact) mass is 373 g/mol. The van der Waals surface area contributed by atoms with E-state index in [0.717, 1.165) is 30.6 Å². The SMILES string of the molecule is CCCCn1nc(C)c(/C=C/C(=O)N(C)[C@@H]2CCS(=O)(=O)C2)c1Cl. The van der Waals surface area contributed by atoms with Crippen molar-refractivity contribution in [3.05, 3.63) is 22.5 Å². The molecule has 1 aromatic rings. The van der Waals surface area contributed by atoms with Gasteiger partial charge in [-0.3, -0.25) is 9.48 Å². The van der Waals surface area contributed by atoms with Gasteiger partial charge >= 0.3 is 0 Å². The third-order valence-corrected chi connectivity index (χ3v) is 6.48. The maximum absolute atomic E-state index is 12.3. The van der Waals surface area contributed by atoms with E-state index in [0.29, 0.717) is 11.6 Å². The zero-order chi connectivity index (χ0) is 17.9. The van der Waals surface area contributed by atoms with Crippen LogP contribution in [-0.2, 0) is 21.2 Å². The molecule has 0 spiro atoms. The second-order valence-electron chi connectivity index (χ2n) is 6.21. The van der Waals surface area contributed by atoms with Gasteiger partial charge in [0.05, 0.1) is 17.2 Å². The molecule has 2 rings (SSSR count). The van der Waals surface area contributed by atoms with Crippen LogP contribution in [0.15, 0.2) is 6.08 Å². The first kappa shape index (κ1) is 19.0. The van der Waals surface area contributed by atoms with E-state index in [9.17, 15) is 13.2 Å². The Morgan fingerprint density at radius 2 is 2.21 bits per heavy atom. The molecule has 8 heteroatoms. The van der Waals surface area contributed by atoms with Crippen LogP contribution in [0.3, 0.4) is 0 Å². The van der Waals surface area contributed by atoms with Crippen molar-refractivity contribution in [1.29, 1.82) is 0 Å². The van der Waals surface area contributed by atoms with Gasteiger partial charge in [0.2, 0.25) is 5.91 Å². The Labute approximate surface area is 148 Å². The molecule has 0 unspecified atom stereocenters. The largest absolute Gasteiger partial charge is 0.338 e. The molecule has 134 valence electrons. The predicted octanol–water partition coefficient (Wildman–Crippen LogP) is 2.30. The number of hydrogen-bond acceptors (Lipinski definition) is 4. The summed E-state index contributed by atoms with van der Waals surface area (Å²) in [5.41, 5.74) is 1.50. The van der Waals surface area contributed by atoms with Gasteiger partial charge in [0.1, 0.15) is 5.15 Å². The first-order chi connectivity index (χ1) is 11.2. The molecule has 1 aliphatic rings. The van der Waals surface area contributed by atoms with Gasteiger partial charge in [-0.05, 0) is 25.8 Å². The van der Waals surface area contributed by atoms with Crippen molar-refractivity contribution in [2.45, 2.75) is 45.7 Å². The van der Waals surface area contributed by atoms with Gasteiger partial charge in [-0.1, -0.05) is 24.9 Å². The molecule has 1 aliphatic heterocycles. The third-order valence-electron chi connectivity index (χ3n) is 4.33. The molecule has 6 nitrogen and oxygen atoms in total. The number of unbranched alkanes of at least 4 members (excludes halogenated alkanes) is 1. The van der Waals surface area contributed by atoms with E-state index in [1.165, 1.54) is 11.0 Å². The summed E-state index contributed by atoms with van der Waals surface area (Å²) in [5.74, 6) is -0.0414. The van der Waals surface area contributed by atoms with Gasteiger partial charge in [0.25, 0.3) is 0 Å². The Kier molecular flexibility index (Phi) is 6.09. The molecule has 0 radical (unpaired) electrons. The quantitative estimate of drug-likeness (QED) is 0.717. The Morgan fingerprint density at radius 1 is 1.50 bits per heavy atom. The van der Waals surface area contributed by atoms with E-state index < -0.39 is 9.84 Å². The molecule has 0 bridgehead atoms. The lowest BCUT2D eigenvalue weighted by Crippen LogP contribution is -2.36. The molecule has 24 heavy (non-hydrogen) atoms. The van der Waals surface area contributed by atoms with Gasteiger partial charge < -0.3 is 4.90 Å². The molecule has 1 saturated heterocycles. The number of halogens is 1. The van der Waals surface area contributed by atoms with Gasteiger partial charge in [-0.15, -0.1) is 0 Å². The van der Waals surface area contributed by atoms with E-state index >= 15 is 0 Å². The molecule has 0 N–H and O–H groups in total. The Balaban J connectivity index is 2.07. The highest BCUT2D eigenvalue weighted by molar-refractivity contribution is 7.91. The van der Waals surface area contributed by atoms with E-state index in [4.69, 9.17) is 11.6 Å². The zero-order valence-electron chi connectivity index (χ0n) is 14.3. The standard InChI is InChI=1S/C16H24ClN3O3S/c1-4-5-9-20-16(17)14(12(2)18-20)6-7-15(21)19(3)13-8-10-24(22,23)11-13/h6-7,13H,4-5,8-11H2,1-3H3/b7-6+/t13-/m1/s1. The number of carbonyl (C=O) groups is 1. The van der Waals surface area contributed by atoms with Crippen LogP contribution in [-0.4, -0.2) is 53.6 Å². The van der Waals surface area contributed by atoms with Crippen LogP contribution < -0.4 is 0 Å². The average Bonchev–Trinajstić information content (AvgIpc) is 3.02. The molecule has 1 fully saturated rings. The Bertz CT molecular complexity index is 740. The highest BCUT2D eigenvalue weighted by Gasteiger charge is 2.32. The van der Waals surface area contributed by atoms with Crippen molar-refractivity contribution in [2.75, 3.05) is 18.6 Å². The van der Waals surface area contributed by atoms with Crippen molar-refractivity contribution < 1.29 is 13.2 Å². The smallest absolute Gasteiger partial charge is 0.246 e. The first-order valence-electron chi connectivity index (χ1n) is 8.13. The zero-order valence-corrected chi connectivity index (χ0v) is 15.9. The van der Waals surface area contributed by atoms with Crippen molar-refractivity contribution in [1.82, 2.24) is 14.7 Å². The van der Waals surface area contributed by atoms with Crippen LogP contribution in [0.4, 0.5) is 0 Å². The van der Waals surface area contributed by atoms with E-state index in [1.807, 2.05) is 6.92 Å². The minimum absolute atomic E-state index is 0.0395. The minimum Gasteiger partial charge on any atom is -0.338 e. The fourth-order valence-electron chi connectivity index (χ4n) is 2.75. The fraction of sp³-hybridized carbons (Fsp3) is 0.625. The second kappa shape index (κ2) is 7.70. The Hall–Kier alpha value is -1.34. The van der Waals surface area contributed by atoms with Crippen molar-refractivity contribution in [3.8, 4) is 0 Å². The highest BCUT2D eigenvalue weighted by Crippen LogP contribution is 2.22. The van der Waals surface area contributed by atoms with E-state index in [-0.39, 0.29) is 23.5 Å². The summed E-state index contributed by atoms with van der Waals surface area (Å²) >= 11 is 6.34. The predicted molar refractivity (Wildman–Crippen MR) is 95.7 cm³/mol. The first-order valence-corrected chi connectivity index (χ1v) is 10.3. The van der Waals surface area contributed by atoms with Crippen LogP contribution in [0.2, 0.25) is 5.15 Å². The molecule has 2 heterocycles. The van der Waals surface area contributed by atoms with Gasteiger partial charge in [-0.25, -0.2) is 8.42 Å². The number of aromatic nitrogens is 2. The lowest BCUT2D eigenvalue weighted by atomic mass is 10.2. The average molecular weight is 374 g/mol. The van der Waals surface area contributed by atoms with Gasteiger partial charge in [0.15, 0.2) is 9.84 Å². The molecule has 1 aromatic heterocycles. The highest BCUT2D eigenvalue weighted by atomic mass is 35.5. The normalized spacial score (nSPS) is 19.9. The number of hydrogen-bond donors (Lipinski definition) is 0. The summed E-state index contributed by atoms with van der Waals surface area (Å²) in [6.07, 6.45) is 5.63. The van der Waals surface area contributed by atoms with Crippen LogP contribution in [0.1, 0.15) is 37.4 Å². The van der Waals surface area contributed by atoms with Crippen molar-refractivity contribution in [3.63, 3.8) is 0 Å². The minimum atomic E-state index is -3.01. The summed E-state index contributed by atoms with van der Waals surface area (Å²) < 4.78 is 24.8. The van der Waals surface area contributed by atoms with E-state index in [2.05, 4.69) is 12.0 Å². The molecule has 0 aliphatic carbocycles. The number of rotatable bonds is 6.